The molecule has 1 aromatic heterocycles. The zero-order valence-electron chi connectivity index (χ0n) is 6.52. The highest BCUT2D eigenvalue weighted by atomic mass is 16.4. The molecule has 1 aromatic rings. The average molecular weight is 181 g/mol. The van der Waals surface area contributed by atoms with Crippen molar-refractivity contribution in [3.05, 3.63) is 24.4 Å². The Balaban J connectivity index is 2.47. The third-order valence-corrected chi connectivity index (χ3v) is 1.14. The molecule has 1 heterocycles. The number of carbonyl (C=O) groups excluding carboxylic acids is 1. The van der Waals surface area contributed by atoms with Crippen LogP contribution in [0.25, 0.3) is 0 Å². The van der Waals surface area contributed by atoms with Gasteiger partial charge in [0.25, 0.3) is 0 Å². The van der Waals surface area contributed by atoms with Gasteiger partial charge in [-0.2, -0.15) is 5.10 Å². The Kier molecular flexibility index (Phi) is 2.80. The molecule has 0 aliphatic carbocycles. The van der Waals surface area contributed by atoms with Gasteiger partial charge >= 0.3 is 5.97 Å². The zero-order chi connectivity index (χ0) is 9.68. The second kappa shape index (κ2) is 4.05. The standard InChI is InChI=1S/C7H7N3O3/c11-6(1-2-7(12)13)9-5-3-4-8-10-5/h1-4H,(H,12,13)(H2,8,9,10,11). The maximum Gasteiger partial charge on any atom is 0.328 e. The van der Waals surface area contributed by atoms with E-state index in [1.807, 2.05) is 0 Å². The fraction of sp³-hybridized carbons (Fsp3) is 0. The topological polar surface area (TPSA) is 95.1 Å². The van der Waals surface area contributed by atoms with E-state index in [1.165, 1.54) is 6.20 Å². The predicted molar refractivity (Wildman–Crippen MR) is 44.0 cm³/mol. The Hall–Kier alpha value is -2.11. The number of anilines is 1. The molecule has 0 aliphatic heterocycles. The summed E-state index contributed by atoms with van der Waals surface area (Å²) in [5.74, 6) is -1.27. The van der Waals surface area contributed by atoms with Crippen molar-refractivity contribution in [3.8, 4) is 0 Å². The molecule has 0 aliphatic rings. The molecule has 0 spiro atoms. The van der Waals surface area contributed by atoms with Gasteiger partial charge in [-0.15, -0.1) is 0 Å². The van der Waals surface area contributed by atoms with Gasteiger partial charge in [0.15, 0.2) is 0 Å². The SMILES string of the molecule is O=C(O)C=CC(=O)Nc1ccn[nH]1. The van der Waals surface area contributed by atoms with E-state index in [9.17, 15) is 9.59 Å². The van der Waals surface area contributed by atoms with Crippen molar-refractivity contribution in [1.82, 2.24) is 10.2 Å². The van der Waals surface area contributed by atoms with Crippen LogP contribution < -0.4 is 5.32 Å². The summed E-state index contributed by atoms with van der Waals surface area (Å²) in [7, 11) is 0. The van der Waals surface area contributed by atoms with E-state index in [-0.39, 0.29) is 0 Å². The molecule has 0 radical (unpaired) electrons. The summed E-state index contributed by atoms with van der Waals surface area (Å²) in [5.41, 5.74) is 0. The number of carbonyl (C=O) groups is 2. The molecule has 3 N–H and O–H groups in total. The number of H-pyrrole nitrogens is 1. The van der Waals surface area contributed by atoms with Gasteiger partial charge in [0.05, 0.1) is 6.20 Å². The normalized spacial score (nSPS) is 10.2. The van der Waals surface area contributed by atoms with Gasteiger partial charge in [-0.05, 0) is 0 Å². The number of carboxylic acid groups (broad SMARTS) is 1. The molecule has 0 atom stereocenters. The van der Waals surface area contributed by atoms with E-state index >= 15 is 0 Å². The largest absolute Gasteiger partial charge is 0.478 e. The first-order valence-electron chi connectivity index (χ1n) is 3.40. The number of hydrogen-bond acceptors (Lipinski definition) is 3. The number of aromatic nitrogens is 2. The third-order valence-electron chi connectivity index (χ3n) is 1.14. The summed E-state index contributed by atoms with van der Waals surface area (Å²) in [6, 6.07) is 1.55. The van der Waals surface area contributed by atoms with Gasteiger partial charge < -0.3 is 10.4 Å². The average Bonchev–Trinajstić information content (AvgIpc) is 2.53. The Labute approximate surface area is 73.3 Å². The minimum Gasteiger partial charge on any atom is -0.478 e. The minimum atomic E-state index is -1.17. The monoisotopic (exact) mass is 181 g/mol. The number of nitrogens with zero attached hydrogens (tertiary/aromatic N) is 1. The van der Waals surface area contributed by atoms with Crippen molar-refractivity contribution < 1.29 is 14.7 Å². The maximum atomic E-state index is 10.9. The van der Waals surface area contributed by atoms with Crippen molar-refractivity contribution in [3.63, 3.8) is 0 Å². The molecule has 6 heteroatoms. The lowest BCUT2D eigenvalue weighted by Crippen LogP contribution is -2.08. The molecule has 0 saturated carbocycles. The van der Waals surface area contributed by atoms with E-state index in [4.69, 9.17) is 5.11 Å². The van der Waals surface area contributed by atoms with Crippen LogP contribution in [0.1, 0.15) is 0 Å². The van der Waals surface area contributed by atoms with Crippen molar-refractivity contribution in [2.24, 2.45) is 0 Å². The lowest BCUT2D eigenvalue weighted by Gasteiger charge is -1.94. The molecule has 68 valence electrons. The van der Waals surface area contributed by atoms with Crippen LogP contribution in [0.2, 0.25) is 0 Å². The van der Waals surface area contributed by atoms with Crippen molar-refractivity contribution in [1.29, 1.82) is 0 Å². The van der Waals surface area contributed by atoms with Crippen LogP contribution in [0.15, 0.2) is 24.4 Å². The van der Waals surface area contributed by atoms with Crippen LogP contribution in [0.4, 0.5) is 5.82 Å². The van der Waals surface area contributed by atoms with Gasteiger partial charge in [0, 0.05) is 18.2 Å². The molecule has 0 saturated heterocycles. The van der Waals surface area contributed by atoms with Crippen LogP contribution in [0, 0.1) is 0 Å². The zero-order valence-corrected chi connectivity index (χ0v) is 6.52. The summed E-state index contributed by atoms with van der Waals surface area (Å²) < 4.78 is 0. The van der Waals surface area contributed by atoms with Crippen LogP contribution in [-0.2, 0) is 9.59 Å². The van der Waals surface area contributed by atoms with E-state index in [0.29, 0.717) is 5.82 Å². The van der Waals surface area contributed by atoms with E-state index in [2.05, 4.69) is 15.5 Å². The van der Waals surface area contributed by atoms with Crippen LogP contribution in [0.3, 0.4) is 0 Å². The molecule has 0 unspecified atom stereocenters. The first-order chi connectivity index (χ1) is 6.18. The molecule has 1 rings (SSSR count). The van der Waals surface area contributed by atoms with E-state index in [0.717, 1.165) is 12.2 Å². The molecular weight excluding hydrogens is 174 g/mol. The lowest BCUT2D eigenvalue weighted by molar-refractivity contribution is -0.131. The first kappa shape index (κ1) is 8.98. The highest BCUT2D eigenvalue weighted by Gasteiger charge is 1.98. The number of rotatable bonds is 3. The Morgan fingerprint density at radius 3 is 2.85 bits per heavy atom. The number of aliphatic carboxylic acids is 1. The predicted octanol–water partition coefficient (Wildman–Crippen LogP) is -0.0110. The third kappa shape index (κ3) is 3.19. The second-order valence-corrected chi connectivity index (χ2v) is 2.13. The summed E-state index contributed by atoms with van der Waals surface area (Å²) in [5, 5.41) is 16.7. The number of carboxylic acids is 1. The van der Waals surface area contributed by atoms with Crippen molar-refractivity contribution in [2.75, 3.05) is 5.32 Å². The van der Waals surface area contributed by atoms with E-state index in [1.54, 1.807) is 6.07 Å². The molecule has 0 aromatic carbocycles. The van der Waals surface area contributed by atoms with Crippen molar-refractivity contribution >= 4 is 17.7 Å². The van der Waals surface area contributed by atoms with Gasteiger partial charge in [0.2, 0.25) is 5.91 Å². The molecule has 13 heavy (non-hydrogen) atoms. The Morgan fingerprint density at radius 2 is 2.31 bits per heavy atom. The number of hydrogen-bond donors (Lipinski definition) is 3. The lowest BCUT2D eigenvalue weighted by atomic mass is 10.4. The van der Waals surface area contributed by atoms with Gasteiger partial charge in [-0.25, -0.2) is 4.79 Å². The quantitative estimate of drug-likeness (QED) is 0.571. The molecule has 0 bridgehead atoms. The summed E-state index contributed by atoms with van der Waals surface area (Å²) in [6.45, 7) is 0. The second-order valence-electron chi connectivity index (χ2n) is 2.13. The van der Waals surface area contributed by atoms with E-state index < -0.39 is 11.9 Å². The van der Waals surface area contributed by atoms with Crippen LogP contribution in [-0.4, -0.2) is 27.2 Å². The minimum absolute atomic E-state index is 0.417. The molecular formula is C7H7N3O3. The van der Waals surface area contributed by atoms with Crippen molar-refractivity contribution in [2.45, 2.75) is 0 Å². The fourth-order valence-corrected chi connectivity index (χ4v) is 0.647. The molecule has 0 fully saturated rings. The summed E-state index contributed by atoms with van der Waals surface area (Å²) >= 11 is 0. The summed E-state index contributed by atoms with van der Waals surface area (Å²) in [4.78, 5) is 20.9. The van der Waals surface area contributed by atoms with Crippen LogP contribution >= 0.6 is 0 Å². The van der Waals surface area contributed by atoms with Gasteiger partial charge in [0.1, 0.15) is 5.82 Å². The molecule has 1 amide bonds. The Morgan fingerprint density at radius 1 is 1.54 bits per heavy atom. The Bertz CT molecular complexity index is 329. The number of nitrogens with one attached hydrogen (secondary N) is 2. The number of aromatic amines is 1. The fourth-order valence-electron chi connectivity index (χ4n) is 0.647. The first-order valence-corrected chi connectivity index (χ1v) is 3.40. The van der Waals surface area contributed by atoms with Gasteiger partial charge in [-0.1, -0.05) is 0 Å². The smallest absolute Gasteiger partial charge is 0.328 e. The summed E-state index contributed by atoms with van der Waals surface area (Å²) in [6.07, 6.45) is 3.14. The molecule has 6 nitrogen and oxygen atoms in total. The van der Waals surface area contributed by atoms with Gasteiger partial charge in [-0.3, -0.25) is 9.89 Å². The number of amides is 1. The highest BCUT2D eigenvalue weighted by Crippen LogP contribution is 1.97. The maximum absolute atomic E-state index is 10.9. The van der Waals surface area contributed by atoms with Crippen LogP contribution in [0.5, 0.6) is 0 Å². The highest BCUT2D eigenvalue weighted by molar-refractivity contribution is 6.01.